The summed E-state index contributed by atoms with van der Waals surface area (Å²) >= 11 is 4.94. The first-order valence-corrected chi connectivity index (χ1v) is 11.5. The van der Waals surface area contributed by atoms with E-state index in [1.807, 2.05) is 23.6 Å². The van der Waals surface area contributed by atoms with Crippen LogP contribution < -0.4 is 9.46 Å². The molecule has 4 N–H and O–H groups in total. The van der Waals surface area contributed by atoms with E-state index in [1.54, 1.807) is 35.0 Å². The van der Waals surface area contributed by atoms with E-state index < -0.39 is 0 Å². The largest absolute Gasteiger partial charge is 0.491 e. The molecule has 2 aromatic heterocycles. The lowest BCUT2D eigenvalue weighted by Crippen LogP contribution is -2.05. The van der Waals surface area contributed by atoms with Gasteiger partial charge in [0, 0.05) is 23.3 Å². The number of H-pyrrole nitrogens is 1. The fourth-order valence-electron chi connectivity index (χ4n) is 2.95. The maximum atomic E-state index is 9.16. The van der Waals surface area contributed by atoms with E-state index in [0.717, 1.165) is 40.3 Å². The highest BCUT2D eigenvalue weighted by atomic mass is 32.2. The van der Waals surface area contributed by atoms with E-state index in [9.17, 15) is 0 Å². The second kappa shape index (κ2) is 9.23. The molecule has 0 spiro atoms. The molecule has 0 saturated heterocycles. The van der Waals surface area contributed by atoms with Gasteiger partial charge in [-0.3, -0.25) is 4.99 Å². The Balaban J connectivity index is 1.62. The summed E-state index contributed by atoms with van der Waals surface area (Å²) in [6, 6.07) is 10.1. The van der Waals surface area contributed by atoms with Gasteiger partial charge in [0.05, 0.1) is 34.3 Å². The first kappa shape index (κ1) is 19.7. The second-order valence-electron chi connectivity index (χ2n) is 6.22. The summed E-state index contributed by atoms with van der Waals surface area (Å²) in [5.74, 6) is 0.709. The highest BCUT2D eigenvalue weighted by Gasteiger charge is 2.22. The van der Waals surface area contributed by atoms with Crippen LogP contribution in [0.5, 0.6) is 5.75 Å². The number of thiophene rings is 1. The van der Waals surface area contributed by atoms with Crippen LogP contribution >= 0.6 is 35.0 Å². The van der Waals surface area contributed by atoms with Crippen molar-refractivity contribution < 1.29 is 14.9 Å². The van der Waals surface area contributed by atoms with Crippen LogP contribution in [0.2, 0.25) is 0 Å². The Labute approximate surface area is 175 Å². The number of thioether (sulfide) groups is 1. The van der Waals surface area contributed by atoms with Gasteiger partial charge in [-0.1, -0.05) is 17.8 Å². The Bertz CT molecular complexity index is 956. The SMILES string of the molecule is OCCOc1cc(NSc2cccs2)c2[nH]c(C3=NCC(CCO)S3)cc2c1. The van der Waals surface area contributed by atoms with Gasteiger partial charge in [-0.15, -0.1) is 11.3 Å². The van der Waals surface area contributed by atoms with E-state index in [-0.39, 0.29) is 19.8 Å². The fourth-order valence-corrected chi connectivity index (χ4v) is 5.47. The van der Waals surface area contributed by atoms with Gasteiger partial charge < -0.3 is 24.7 Å². The molecular formula is C19H21N3O3S3. The van der Waals surface area contributed by atoms with Crippen LogP contribution in [0.4, 0.5) is 5.69 Å². The molecule has 0 saturated carbocycles. The minimum absolute atomic E-state index is 0.0250. The summed E-state index contributed by atoms with van der Waals surface area (Å²) in [6.07, 6.45) is 0.751. The van der Waals surface area contributed by atoms with Gasteiger partial charge in [-0.25, -0.2) is 0 Å². The number of anilines is 1. The number of benzene rings is 1. The standard InChI is InChI=1S/C19H21N3O3S3/c23-4-3-14-11-20-19(27-14)16-9-12-8-13(25-6-5-24)10-15(18(12)21-16)22-28-17-2-1-7-26-17/h1-2,7-10,14,21-24H,3-6,11H2. The molecule has 148 valence electrons. The number of aromatic amines is 1. The molecule has 9 heteroatoms. The topological polar surface area (TPSA) is 89.9 Å². The van der Waals surface area contributed by atoms with Gasteiger partial charge in [0.2, 0.25) is 0 Å². The number of aromatic nitrogens is 1. The van der Waals surface area contributed by atoms with Crippen LogP contribution in [-0.4, -0.2) is 51.9 Å². The van der Waals surface area contributed by atoms with Crippen molar-refractivity contribution in [2.24, 2.45) is 4.99 Å². The Morgan fingerprint density at radius 1 is 1.29 bits per heavy atom. The molecule has 0 bridgehead atoms. The third kappa shape index (κ3) is 4.49. The predicted octanol–water partition coefficient (Wildman–Crippen LogP) is 3.96. The quantitative estimate of drug-likeness (QED) is 0.380. The molecule has 0 radical (unpaired) electrons. The lowest BCUT2D eigenvalue weighted by Gasteiger charge is -2.10. The Hall–Kier alpha value is -1.65. The van der Waals surface area contributed by atoms with Crippen LogP contribution in [-0.2, 0) is 0 Å². The molecule has 1 aliphatic rings. The first-order chi connectivity index (χ1) is 13.8. The first-order valence-electron chi connectivity index (χ1n) is 8.96. The number of fused-ring (bicyclic) bond motifs is 1. The fraction of sp³-hybridized carbons (Fsp3) is 0.316. The van der Waals surface area contributed by atoms with Crippen molar-refractivity contribution in [3.63, 3.8) is 0 Å². The number of hydrogen-bond donors (Lipinski definition) is 4. The summed E-state index contributed by atoms with van der Waals surface area (Å²) in [5.41, 5.74) is 2.89. The van der Waals surface area contributed by atoms with Gasteiger partial charge >= 0.3 is 0 Å². The van der Waals surface area contributed by atoms with E-state index in [4.69, 9.17) is 14.9 Å². The number of aliphatic hydroxyl groups excluding tert-OH is 2. The second-order valence-corrected chi connectivity index (χ2v) is 9.57. The molecule has 6 nitrogen and oxygen atoms in total. The molecule has 0 aliphatic carbocycles. The number of ether oxygens (including phenoxy) is 1. The van der Waals surface area contributed by atoms with Crippen molar-refractivity contribution >= 4 is 56.7 Å². The summed E-state index contributed by atoms with van der Waals surface area (Å²) in [7, 11) is 0. The van der Waals surface area contributed by atoms with Gasteiger partial charge in [0.25, 0.3) is 0 Å². The summed E-state index contributed by atoms with van der Waals surface area (Å²) in [6.45, 7) is 1.15. The molecule has 3 heterocycles. The third-order valence-electron chi connectivity index (χ3n) is 4.22. The van der Waals surface area contributed by atoms with Crippen molar-refractivity contribution in [2.75, 3.05) is 31.1 Å². The van der Waals surface area contributed by atoms with E-state index in [2.05, 4.69) is 26.8 Å². The molecule has 3 aromatic rings. The number of rotatable bonds is 9. The summed E-state index contributed by atoms with van der Waals surface area (Å²) in [4.78, 5) is 8.13. The molecule has 1 aliphatic heterocycles. The number of aliphatic hydroxyl groups is 2. The molecule has 4 rings (SSSR count). The maximum Gasteiger partial charge on any atom is 0.122 e. The average molecular weight is 436 g/mol. The van der Waals surface area contributed by atoms with Crippen molar-refractivity contribution in [1.29, 1.82) is 0 Å². The zero-order valence-corrected chi connectivity index (χ0v) is 17.5. The maximum absolute atomic E-state index is 9.16. The highest BCUT2D eigenvalue weighted by Crippen LogP contribution is 2.36. The van der Waals surface area contributed by atoms with Crippen molar-refractivity contribution in [3.8, 4) is 5.75 Å². The van der Waals surface area contributed by atoms with Gasteiger partial charge in [0.15, 0.2) is 0 Å². The Morgan fingerprint density at radius 3 is 3.00 bits per heavy atom. The van der Waals surface area contributed by atoms with Crippen molar-refractivity contribution in [1.82, 2.24) is 4.98 Å². The molecule has 0 amide bonds. The normalized spacial score (nSPS) is 16.5. The lowest BCUT2D eigenvalue weighted by molar-refractivity contribution is 0.201. The Kier molecular flexibility index (Phi) is 6.48. The number of nitrogens with zero attached hydrogens (tertiary/aromatic N) is 1. The van der Waals surface area contributed by atoms with Crippen molar-refractivity contribution in [3.05, 3.63) is 41.4 Å². The summed E-state index contributed by atoms with van der Waals surface area (Å²) in [5, 5.41) is 22.6. The monoisotopic (exact) mass is 435 g/mol. The third-order valence-corrected chi connectivity index (χ3v) is 7.37. The predicted molar refractivity (Wildman–Crippen MR) is 119 cm³/mol. The molecule has 1 unspecified atom stereocenters. The van der Waals surface area contributed by atoms with E-state index in [0.29, 0.717) is 11.0 Å². The van der Waals surface area contributed by atoms with Crippen LogP contribution in [0.1, 0.15) is 12.1 Å². The van der Waals surface area contributed by atoms with Gasteiger partial charge in [-0.2, -0.15) is 0 Å². The summed E-state index contributed by atoms with van der Waals surface area (Å²) < 4.78 is 10.2. The van der Waals surface area contributed by atoms with Gasteiger partial charge in [-0.05, 0) is 41.9 Å². The van der Waals surface area contributed by atoms with Crippen LogP contribution in [0.3, 0.4) is 0 Å². The number of hydrogen-bond acceptors (Lipinski definition) is 8. The van der Waals surface area contributed by atoms with Crippen LogP contribution in [0.25, 0.3) is 10.9 Å². The van der Waals surface area contributed by atoms with Gasteiger partial charge in [0.1, 0.15) is 17.4 Å². The van der Waals surface area contributed by atoms with E-state index in [1.165, 1.54) is 4.21 Å². The van der Waals surface area contributed by atoms with Crippen molar-refractivity contribution in [2.45, 2.75) is 15.9 Å². The Morgan fingerprint density at radius 2 is 2.21 bits per heavy atom. The number of aliphatic imine (C=N–C) groups is 1. The van der Waals surface area contributed by atoms with Crippen LogP contribution in [0, 0.1) is 0 Å². The lowest BCUT2D eigenvalue weighted by atomic mass is 10.2. The highest BCUT2D eigenvalue weighted by molar-refractivity contribution is 8.15. The van der Waals surface area contributed by atoms with Crippen LogP contribution in [0.15, 0.2) is 44.9 Å². The molecule has 1 aromatic carbocycles. The minimum atomic E-state index is -0.0250. The molecule has 28 heavy (non-hydrogen) atoms. The molecular weight excluding hydrogens is 414 g/mol. The smallest absolute Gasteiger partial charge is 0.122 e. The number of nitrogens with one attached hydrogen (secondary N) is 2. The minimum Gasteiger partial charge on any atom is -0.491 e. The zero-order chi connectivity index (χ0) is 19.3. The van der Waals surface area contributed by atoms with E-state index >= 15 is 0 Å². The molecule has 1 atom stereocenters. The zero-order valence-electron chi connectivity index (χ0n) is 15.1. The molecule has 0 fully saturated rings. The average Bonchev–Trinajstić information content (AvgIpc) is 3.44.